The van der Waals surface area contributed by atoms with Gasteiger partial charge in [0.15, 0.2) is 0 Å². The lowest BCUT2D eigenvalue weighted by Gasteiger charge is -2.17. The molecule has 0 spiro atoms. The molecular formula is C14H23N5. The zero-order valence-electron chi connectivity index (χ0n) is 11.9. The van der Waals surface area contributed by atoms with E-state index >= 15 is 0 Å². The second kappa shape index (κ2) is 5.17. The van der Waals surface area contributed by atoms with Crippen molar-refractivity contribution in [3.8, 4) is 0 Å². The van der Waals surface area contributed by atoms with Crippen LogP contribution in [0, 0.1) is 5.41 Å². The van der Waals surface area contributed by atoms with E-state index < -0.39 is 0 Å². The second-order valence-electron chi connectivity index (χ2n) is 6.20. The molecule has 0 amide bonds. The van der Waals surface area contributed by atoms with Crippen molar-refractivity contribution < 1.29 is 0 Å². The molecule has 0 radical (unpaired) electrons. The maximum Gasteiger partial charge on any atom is 0.222 e. The first-order chi connectivity index (χ1) is 8.83. The molecule has 19 heavy (non-hydrogen) atoms. The van der Waals surface area contributed by atoms with E-state index in [-0.39, 0.29) is 11.5 Å². The number of nitrogen functional groups attached to an aromatic ring is 1. The van der Waals surface area contributed by atoms with Gasteiger partial charge in [0.1, 0.15) is 5.82 Å². The van der Waals surface area contributed by atoms with Crippen molar-refractivity contribution in [3.63, 3.8) is 0 Å². The average Bonchev–Trinajstić information content (AvgIpc) is 2.72. The molecule has 1 aliphatic rings. The zero-order chi connectivity index (χ0) is 14.0. The number of aromatic nitrogens is 2. The Morgan fingerprint density at radius 3 is 2.68 bits per heavy atom. The van der Waals surface area contributed by atoms with Gasteiger partial charge in [-0.25, -0.2) is 4.98 Å². The predicted molar refractivity (Wildman–Crippen MR) is 79.7 cm³/mol. The van der Waals surface area contributed by atoms with E-state index in [1.54, 1.807) is 0 Å². The summed E-state index contributed by atoms with van der Waals surface area (Å²) in [7, 11) is 0. The minimum absolute atomic E-state index is 0.121. The van der Waals surface area contributed by atoms with Gasteiger partial charge < -0.3 is 16.4 Å². The van der Waals surface area contributed by atoms with Crippen LogP contribution in [0.25, 0.3) is 6.08 Å². The summed E-state index contributed by atoms with van der Waals surface area (Å²) in [4.78, 5) is 10.7. The Hall–Kier alpha value is -1.62. The van der Waals surface area contributed by atoms with Crippen LogP contribution in [0.3, 0.4) is 0 Å². The Kier molecular flexibility index (Phi) is 3.75. The van der Waals surface area contributed by atoms with Crippen LogP contribution in [0.15, 0.2) is 12.1 Å². The first-order valence-electron chi connectivity index (χ1n) is 6.68. The molecule has 1 aliphatic heterocycles. The van der Waals surface area contributed by atoms with Gasteiger partial charge in [-0.1, -0.05) is 26.8 Å². The van der Waals surface area contributed by atoms with Crippen LogP contribution >= 0.6 is 0 Å². The van der Waals surface area contributed by atoms with Crippen LogP contribution in [0.1, 0.15) is 32.9 Å². The average molecular weight is 261 g/mol. The van der Waals surface area contributed by atoms with Gasteiger partial charge in [-0.15, -0.1) is 0 Å². The molecule has 104 valence electrons. The van der Waals surface area contributed by atoms with E-state index in [1.807, 2.05) is 12.1 Å². The smallest absolute Gasteiger partial charge is 0.222 e. The van der Waals surface area contributed by atoms with Gasteiger partial charge in [0.05, 0.1) is 5.69 Å². The van der Waals surface area contributed by atoms with Crippen LogP contribution in [-0.2, 0) is 0 Å². The van der Waals surface area contributed by atoms with Gasteiger partial charge in [0.2, 0.25) is 5.95 Å². The van der Waals surface area contributed by atoms with Gasteiger partial charge in [-0.2, -0.15) is 4.98 Å². The van der Waals surface area contributed by atoms with Gasteiger partial charge in [-0.3, -0.25) is 0 Å². The van der Waals surface area contributed by atoms with Gasteiger partial charge in [-0.05, 0) is 17.9 Å². The molecular weight excluding hydrogens is 238 g/mol. The minimum atomic E-state index is 0.121. The maximum atomic E-state index is 5.92. The van der Waals surface area contributed by atoms with E-state index in [1.165, 1.54) is 0 Å². The molecule has 0 aromatic carbocycles. The molecule has 0 unspecified atom stereocenters. The van der Waals surface area contributed by atoms with E-state index in [9.17, 15) is 0 Å². The molecule has 1 atom stereocenters. The molecule has 1 fully saturated rings. The molecule has 5 heteroatoms. The minimum Gasteiger partial charge on any atom is -0.368 e. The Balaban J connectivity index is 2.22. The Morgan fingerprint density at radius 2 is 2.11 bits per heavy atom. The molecule has 1 aromatic heterocycles. The summed E-state index contributed by atoms with van der Waals surface area (Å²) in [6.45, 7) is 8.20. The van der Waals surface area contributed by atoms with Crippen molar-refractivity contribution in [2.45, 2.75) is 33.2 Å². The third-order valence-corrected chi connectivity index (χ3v) is 3.05. The molecule has 1 saturated heterocycles. The molecule has 2 heterocycles. The Morgan fingerprint density at radius 1 is 1.37 bits per heavy atom. The van der Waals surface area contributed by atoms with Crippen molar-refractivity contribution in [2.24, 2.45) is 11.1 Å². The van der Waals surface area contributed by atoms with Crippen LogP contribution in [0.2, 0.25) is 0 Å². The maximum absolute atomic E-state index is 5.92. The topological polar surface area (TPSA) is 81.1 Å². The highest BCUT2D eigenvalue weighted by molar-refractivity contribution is 5.55. The lowest BCUT2D eigenvalue weighted by atomic mass is 9.96. The van der Waals surface area contributed by atoms with E-state index in [4.69, 9.17) is 11.5 Å². The molecule has 4 N–H and O–H groups in total. The lowest BCUT2D eigenvalue weighted by Crippen LogP contribution is -2.27. The molecule has 5 nitrogen and oxygen atoms in total. The van der Waals surface area contributed by atoms with Gasteiger partial charge in [0, 0.05) is 25.2 Å². The standard InChI is InChI=1S/C14H23N5/c1-14(2,3)6-4-11-8-12(18-13(16)17-11)19-7-5-10(15)9-19/h4,6,8,10H,5,7,9,15H2,1-3H3,(H2,16,17,18)/b6-4+/t10-/m1/s1. The van der Waals surface area contributed by atoms with Gasteiger partial charge in [0.25, 0.3) is 0 Å². The molecule has 0 aliphatic carbocycles. The second-order valence-corrected chi connectivity index (χ2v) is 6.20. The number of rotatable bonds is 2. The predicted octanol–water partition coefficient (Wildman–Crippen LogP) is 1.66. The first kappa shape index (κ1) is 13.8. The number of hydrogen-bond donors (Lipinski definition) is 2. The summed E-state index contributed by atoms with van der Waals surface area (Å²) in [5.41, 5.74) is 12.7. The third kappa shape index (κ3) is 3.92. The molecule has 0 bridgehead atoms. The number of nitrogens with zero attached hydrogens (tertiary/aromatic N) is 3. The van der Waals surface area contributed by atoms with Crippen molar-refractivity contribution >= 4 is 17.8 Å². The highest BCUT2D eigenvalue weighted by Crippen LogP contribution is 2.21. The fraction of sp³-hybridized carbons (Fsp3) is 0.571. The SMILES string of the molecule is CC(C)(C)/C=C/c1cc(N2CC[C@@H](N)C2)nc(N)n1. The normalized spacial score (nSPS) is 20.4. The summed E-state index contributed by atoms with van der Waals surface area (Å²) in [6.07, 6.45) is 5.11. The first-order valence-corrected chi connectivity index (χ1v) is 6.68. The van der Waals surface area contributed by atoms with Crippen molar-refractivity contribution in [3.05, 3.63) is 17.8 Å². The monoisotopic (exact) mass is 261 g/mol. The van der Waals surface area contributed by atoms with Crippen LogP contribution in [-0.4, -0.2) is 29.1 Å². The van der Waals surface area contributed by atoms with E-state index in [0.29, 0.717) is 5.95 Å². The summed E-state index contributed by atoms with van der Waals surface area (Å²) < 4.78 is 0. The Bertz CT molecular complexity index is 475. The van der Waals surface area contributed by atoms with E-state index in [2.05, 4.69) is 41.7 Å². The quantitative estimate of drug-likeness (QED) is 0.846. The molecule has 2 rings (SSSR count). The largest absolute Gasteiger partial charge is 0.368 e. The highest BCUT2D eigenvalue weighted by Gasteiger charge is 2.20. The van der Waals surface area contributed by atoms with Crippen molar-refractivity contribution in [1.82, 2.24) is 9.97 Å². The van der Waals surface area contributed by atoms with Crippen LogP contribution < -0.4 is 16.4 Å². The van der Waals surface area contributed by atoms with Crippen molar-refractivity contribution in [2.75, 3.05) is 23.7 Å². The summed E-state index contributed by atoms with van der Waals surface area (Å²) in [6, 6.07) is 2.20. The van der Waals surface area contributed by atoms with Gasteiger partial charge >= 0.3 is 0 Å². The summed E-state index contributed by atoms with van der Waals surface area (Å²) >= 11 is 0. The summed E-state index contributed by atoms with van der Waals surface area (Å²) in [5.74, 6) is 1.18. The highest BCUT2D eigenvalue weighted by atomic mass is 15.2. The molecule has 1 aromatic rings. The zero-order valence-corrected chi connectivity index (χ0v) is 11.9. The Labute approximate surface area is 114 Å². The fourth-order valence-electron chi connectivity index (χ4n) is 2.05. The van der Waals surface area contributed by atoms with E-state index in [0.717, 1.165) is 31.0 Å². The summed E-state index contributed by atoms with van der Waals surface area (Å²) in [5, 5.41) is 0. The van der Waals surface area contributed by atoms with Crippen LogP contribution in [0.5, 0.6) is 0 Å². The van der Waals surface area contributed by atoms with Crippen LogP contribution in [0.4, 0.5) is 11.8 Å². The lowest BCUT2D eigenvalue weighted by molar-refractivity contribution is 0.547. The number of anilines is 2. The number of nitrogens with two attached hydrogens (primary N) is 2. The molecule has 0 saturated carbocycles. The number of hydrogen-bond acceptors (Lipinski definition) is 5. The third-order valence-electron chi connectivity index (χ3n) is 3.05. The fourth-order valence-corrected chi connectivity index (χ4v) is 2.05. The number of allylic oxidation sites excluding steroid dienone is 1. The van der Waals surface area contributed by atoms with Crippen molar-refractivity contribution in [1.29, 1.82) is 0 Å².